The van der Waals surface area contributed by atoms with Gasteiger partial charge in [0, 0.05) is 17.7 Å². The Labute approximate surface area is 148 Å². The van der Waals surface area contributed by atoms with Crippen LogP contribution >= 0.6 is 0 Å². The summed E-state index contributed by atoms with van der Waals surface area (Å²) in [6, 6.07) is 10.1. The van der Waals surface area contributed by atoms with E-state index >= 15 is 0 Å². The van der Waals surface area contributed by atoms with Crippen LogP contribution in [0.4, 0.5) is 0 Å². The van der Waals surface area contributed by atoms with E-state index in [-0.39, 0.29) is 12.0 Å². The summed E-state index contributed by atoms with van der Waals surface area (Å²) in [7, 11) is 6.57. The molecule has 0 saturated carbocycles. The largest absolute Gasteiger partial charge is 0.493 e. The van der Waals surface area contributed by atoms with Crippen molar-refractivity contribution in [1.29, 1.82) is 0 Å². The molecule has 0 bridgehead atoms. The van der Waals surface area contributed by atoms with E-state index in [0.29, 0.717) is 23.0 Å². The standard InChI is InChI=1S/C20H23NO4/c1-12-20(13-6-7-16(22-2)17(8-13)23-3)15-10-19(25-5)18(24-4)9-14(15)11-21-12/h6-12,20H,1-5H3/t12-,20-/m1/s1. The van der Waals surface area contributed by atoms with Gasteiger partial charge in [-0.1, -0.05) is 6.07 Å². The first-order chi connectivity index (χ1) is 12.1. The molecular weight excluding hydrogens is 318 g/mol. The highest BCUT2D eigenvalue weighted by Crippen LogP contribution is 2.42. The normalized spacial score (nSPS) is 18.4. The Morgan fingerprint density at radius 2 is 1.36 bits per heavy atom. The van der Waals surface area contributed by atoms with Crippen molar-refractivity contribution in [2.75, 3.05) is 28.4 Å². The van der Waals surface area contributed by atoms with E-state index in [0.717, 1.165) is 16.7 Å². The molecule has 2 aromatic rings. The van der Waals surface area contributed by atoms with Crippen LogP contribution in [-0.4, -0.2) is 40.7 Å². The average Bonchev–Trinajstić information content (AvgIpc) is 2.66. The highest BCUT2D eigenvalue weighted by molar-refractivity contribution is 5.85. The molecule has 2 aromatic carbocycles. The van der Waals surface area contributed by atoms with Crippen molar-refractivity contribution in [3.63, 3.8) is 0 Å². The van der Waals surface area contributed by atoms with Crippen molar-refractivity contribution in [2.45, 2.75) is 18.9 Å². The molecule has 5 heteroatoms. The van der Waals surface area contributed by atoms with Crippen molar-refractivity contribution in [2.24, 2.45) is 4.99 Å². The molecule has 0 amide bonds. The minimum Gasteiger partial charge on any atom is -0.493 e. The van der Waals surface area contributed by atoms with Gasteiger partial charge in [-0.05, 0) is 42.3 Å². The summed E-state index contributed by atoms with van der Waals surface area (Å²) in [4.78, 5) is 4.66. The maximum Gasteiger partial charge on any atom is 0.161 e. The summed E-state index contributed by atoms with van der Waals surface area (Å²) in [5.74, 6) is 2.94. The van der Waals surface area contributed by atoms with E-state index in [2.05, 4.69) is 18.0 Å². The Kier molecular flexibility index (Phi) is 4.83. The SMILES string of the molecule is COc1ccc([C@@H]2c3cc(OC)c(OC)cc3C=N[C@@H]2C)cc1OC. The number of aliphatic imine (C=N–C) groups is 1. The van der Waals surface area contributed by atoms with Crippen LogP contribution in [0.5, 0.6) is 23.0 Å². The molecule has 0 aliphatic carbocycles. The van der Waals surface area contributed by atoms with E-state index < -0.39 is 0 Å². The molecule has 0 unspecified atom stereocenters. The van der Waals surface area contributed by atoms with E-state index in [1.165, 1.54) is 0 Å². The Bertz CT molecular complexity index is 801. The molecule has 0 spiro atoms. The van der Waals surface area contributed by atoms with Gasteiger partial charge in [0.25, 0.3) is 0 Å². The van der Waals surface area contributed by atoms with Crippen LogP contribution < -0.4 is 18.9 Å². The van der Waals surface area contributed by atoms with Crippen LogP contribution in [0.1, 0.15) is 29.5 Å². The van der Waals surface area contributed by atoms with Gasteiger partial charge in [-0.2, -0.15) is 0 Å². The fraction of sp³-hybridized carbons (Fsp3) is 0.350. The second kappa shape index (κ2) is 7.05. The van der Waals surface area contributed by atoms with Crippen molar-refractivity contribution in [3.8, 4) is 23.0 Å². The lowest BCUT2D eigenvalue weighted by atomic mass is 9.81. The molecule has 1 aliphatic heterocycles. The van der Waals surface area contributed by atoms with Gasteiger partial charge in [0.05, 0.1) is 34.5 Å². The minimum absolute atomic E-state index is 0.0969. The first kappa shape index (κ1) is 17.1. The van der Waals surface area contributed by atoms with Gasteiger partial charge >= 0.3 is 0 Å². The number of ether oxygens (including phenoxy) is 4. The van der Waals surface area contributed by atoms with Gasteiger partial charge in [0.1, 0.15) is 0 Å². The predicted octanol–water partition coefficient (Wildman–Crippen LogP) is 3.67. The third-order valence-electron chi connectivity index (χ3n) is 4.62. The van der Waals surface area contributed by atoms with Crippen molar-refractivity contribution >= 4 is 6.21 Å². The van der Waals surface area contributed by atoms with Crippen molar-refractivity contribution in [3.05, 3.63) is 47.0 Å². The quantitative estimate of drug-likeness (QED) is 0.832. The summed E-state index contributed by atoms with van der Waals surface area (Å²) >= 11 is 0. The first-order valence-corrected chi connectivity index (χ1v) is 8.14. The Hall–Kier alpha value is -2.69. The van der Waals surface area contributed by atoms with Gasteiger partial charge in [-0.25, -0.2) is 0 Å². The number of fused-ring (bicyclic) bond motifs is 1. The number of methoxy groups -OCH3 is 4. The molecule has 5 nitrogen and oxygen atoms in total. The van der Waals surface area contributed by atoms with Crippen LogP contribution in [0.25, 0.3) is 0 Å². The molecule has 132 valence electrons. The smallest absolute Gasteiger partial charge is 0.161 e. The van der Waals surface area contributed by atoms with Crippen molar-refractivity contribution < 1.29 is 18.9 Å². The van der Waals surface area contributed by atoms with Crippen LogP contribution in [0.2, 0.25) is 0 Å². The summed E-state index contributed by atoms with van der Waals surface area (Å²) in [6.07, 6.45) is 1.90. The molecule has 0 aromatic heterocycles. The van der Waals surface area contributed by atoms with E-state index in [1.54, 1.807) is 28.4 Å². The molecule has 0 fully saturated rings. The third-order valence-corrected chi connectivity index (χ3v) is 4.62. The van der Waals surface area contributed by atoms with Gasteiger partial charge < -0.3 is 18.9 Å². The average molecular weight is 341 g/mol. The summed E-state index contributed by atoms with van der Waals surface area (Å²) in [5, 5.41) is 0. The van der Waals surface area contributed by atoms with Crippen LogP contribution in [0.15, 0.2) is 35.3 Å². The number of hydrogen-bond donors (Lipinski definition) is 0. The van der Waals surface area contributed by atoms with Crippen LogP contribution in [0.3, 0.4) is 0 Å². The highest BCUT2D eigenvalue weighted by atomic mass is 16.5. The Morgan fingerprint density at radius 3 is 2.00 bits per heavy atom. The lowest BCUT2D eigenvalue weighted by Crippen LogP contribution is -2.21. The molecule has 2 atom stereocenters. The monoisotopic (exact) mass is 341 g/mol. The van der Waals surface area contributed by atoms with Gasteiger partial charge in [0.2, 0.25) is 0 Å². The zero-order chi connectivity index (χ0) is 18.0. The molecule has 1 aliphatic rings. The van der Waals surface area contributed by atoms with Gasteiger partial charge in [0.15, 0.2) is 23.0 Å². The van der Waals surface area contributed by atoms with Crippen LogP contribution in [0, 0.1) is 0 Å². The topological polar surface area (TPSA) is 49.3 Å². The maximum atomic E-state index is 5.49. The summed E-state index contributed by atoms with van der Waals surface area (Å²) in [5.41, 5.74) is 3.32. The van der Waals surface area contributed by atoms with Crippen molar-refractivity contribution in [1.82, 2.24) is 0 Å². The fourth-order valence-corrected chi connectivity index (χ4v) is 3.34. The second-order valence-corrected chi connectivity index (χ2v) is 5.95. The van der Waals surface area contributed by atoms with Gasteiger partial charge in [-0.3, -0.25) is 4.99 Å². The number of benzene rings is 2. The molecule has 0 N–H and O–H groups in total. The molecule has 0 radical (unpaired) electrons. The minimum atomic E-state index is 0.0969. The summed E-state index contributed by atoms with van der Waals surface area (Å²) < 4.78 is 21.7. The lowest BCUT2D eigenvalue weighted by molar-refractivity contribution is 0.353. The lowest BCUT2D eigenvalue weighted by Gasteiger charge is -2.28. The first-order valence-electron chi connectivity index (χ1n) is 8.14. The predicted molar refractivity (Wildman–Crippen MR) is 98.0 cm³/mol. The summed E-state index contributed by atoms with van der Waals surface area (Å²) in [6.45, 7) is 2.11. The number of nitrogens with zero attached hydrogens (tertiary/aromatic N) is 1. The van der Waals surface area contributed by atoms with Crippen LogP contribution in [-0.2, 0) is 0 Å². The zero-order valence-electron chi connectivity index (χ0n) is 15.2. The fourth-order valence-electron chi connectivity index (χ4n) is 3.34. The van der Waals surface area contributed by atoms with E-state index in [9.17, 15) is 0 Å². The molecule has 3 rings (SSSR count). The maximum absolute atomic E-state index is 5.49. The molecule has 1 heterocycles. The zero-order valence-corrected chi connectivity index (χ0v) is 15.2. The Balaban J connectivity index is 2.13. The number of hydrogen-bond acceptors (Lipinski definition) is 5. The molecular formula is C20H23NO4. The second-order valence-electron chi connectivity index (χ2n) is 5.95. The molecule has 0 saturated heterocycles. The molecule has 25 heavy (non-hydrogen) atoms. The van der Waals surface area contributed by atoms with Gasteiger partial charge in [-0.15, -0.1) is 0 Å². The van der Waals surface area contributed by atoms with E-state index in [4.69, 9.17) is 18.9 Å². The Morgan fingerprint density at radius 1 is 0.760 bits per heavy atom. The highest BCUT2D eigenvalue weighted by Gasteiger charge is 2.28. The van der Waals surface area contributed by atoms with E-state index in [1.807, 2.05) is 30.5 Å². The third kappa shape index (κ3) is 3.02. The number of rotatable bonds is 5.